The van der Waals surface area contributed by atoms with Gasteiger partial charge in [-0.3, -0.25) is 4.55 Å². The number of aryl methyl sites for hydroxylation is 2. The number of hydrogen-bond acceptors (Lipinski definition) is 3. The summed E-state index contributed by atoms with van der Waals surface area (Å²) in [6.45, 7) is 4.14. The van der Waals surface area contributed by atoms with Gasteiger partial charge in [-0.1, -0.05) is 23.5 Å². The lowest BCUT2D eigenvalue weighted by molar-refractivity contribution is -0.673. The van der Waals surface area contributed by atoms with Gasteiger partial charge in [0.25, 0.3) is 10.1 Å². The fourth-order valence-corrected chi connectivity index (χ4v) is 3.34. The van der Waals surface area contributed by atoms with E-state index in [1.807, 2.05) is 25.1 Å². The van der Waals surface area contributed by atoms with Crippen molar-refractivity contribution in [1.82, 2.24) is 0 Å². The minimum absolute atomic E-state index is 0.408. The molecule has 4 nitrogen and oxygen atoms in total. The van der Waals surface area contributed by atoms with Gasteiger partial charge < -0.3 is 0 Å². The van der Waals surface area contributed by atoms with E-state index in [0.29, 0.717) is 13.0 Å². The molecule has 0 unspecified atom stereocenters. The van der Waals surface area contributed by atoms with Crippen LogP contribution in [0.1, 0.15) is 18.4 Å². The molecule has 1 aromatic carbocycles. The first-order chi connectivity index (χ1) is 8.39. The van der Waals surface area contributed by atoms with E-state index in [9.17, 15) is 8.42 Å². The first kappa shape index (κ1) is 13.5. The van der Waals surface area contributed by atoms with E-state index in [2.05, 4.69) is 10.6 Å². The lowest BCUT2D eigenvalue weighted by Crippen LogP contribution is -2.37. The Bertz CT molecular complexity index is 661. The van der Waals surface area contributed by atoms with E-state index in [0.717, 1.165) is 10.5 Å². The van der Waals surface area contributed by atoms with Gasteiger partial charge in [0, 0.05) is 19.4 Å². The van der Waals surface area contributed by atoms with Crippen LogP contribution in [-0.2, 0) is 16.7 Å². The molecule has 1 aromatic heterocycles. The van der Waals surface area contributed by atoms with Crippen LogP contribution in [-0.4, -0.2) is 18.2 Å². The van der Waals surface area contributed by atoms with Crippen LogP contribution in [0.15, 0.2) is 24.3 Å². The summed E-state index contributed by atoms with van der Waals surface area (Å²) in [6.07, 6.45) is 0.408. The fourth-order valence-electron chi connectivity index (χ4n) is 1.89. The summed E-state index contributed by atoms with van der Waals surface area (Å²) in [5.41, 5.74) is 1.11. The number of para-hydroxylation sites is 1. The van der Waals surface area contributed by atoms with Crippen molar-refractivity contribution < 1.29 is 17.5 Å². The molecule has 0 saturated carbocycles. The van der Waals surface area contributed by atoms with Gasteiger partial charge in [-0.25, -0.2) is 0 Å². The van der Waals surface area contributed by atoms with Crippen molar-refractivity contribution in [3.8, 4) is 0 Å². The van der Waals surface area contributed by atoms with E-state index in [1.54, 1.807) is 11.3 Å². The Morgan fingerprint density at radius 2 is 2.06 bits per heavy atom. The molecular formula is C12H16NO3S2+. The van der Waals surface area contributed by atoms with Gasteiger partial charge in [0.05, 0.1) is 5.25 Å². The summed E-state index contributed by atoms with van der Waals surface area (Å²) in [6, 6.07) is 8.04. The number of nitrogens with zero attached hydrogens (tertiary/aromatic N) is 1. The lowest BCUT2D eigenvalue weighted by atomic mass is 10.3. The second-order valence-electron chi connectivity index (χ2n) is 4.35. The monoisotopic (exact) mass is 286 g/mol. The van der Waals surface area contributed by atoms with Crippen LogP contribution in [0.4, 0.5) is 0 Å². The highest BCUT2D eigenvalue weighted by Crippen LogP contribution is 2.19. The lowest BCUT2D eigenvalue weighted by Gasteiger charge is -2.04. The molecule has 2 rings (SSSR count). The van der Waals surface area contributed by atoms with E-state index >= 15 is 0 Å². The van der Waals surface area contributed by atoms with Crippen molar-refractivity contribution in [2.45, 2.75) is 32.1 Å². The van der Waals surface area contributed by atoms with Crippen molar-refractivity contribution in [3.63, 3.8) is 0 Å². The van der Waals surface area contributed by atoms with Crippen LogP contribution in [0.25, 0.3) is 10.2 Å². The second kappa shape index (κ2) is 4.95. The third-order valence-electron chi connectivity index (χ3n) is 3.06. The SMILES string of the molecule is Cc1sc2ccccc2[n+]1CC[C@H](C)S(=O)(=O)O. The molecule has 0 aliphatic heterocycles. The Morgan fingerprint density at radius 1 is 1.39 bits per heavy atom. The normalized spacial score (nSPS) is 13.9. The highest BCUT2D eigenvalue weighted by atomic mass is 32.2. The number of hydrogen-bond donors (Lipinski definition) is 1. The maximum atomic E-state index is 11.0. The Balaban J connectivity index is 2.25. The predicted octanol–water partition coefficient (Wildman–Crippen LogP) is 2.16. The summed E-state index contributed by atoms with van der Waals surface area (Å²) in [7, 11) is -3.93. The van der Waals surface area contributed by atoms with E-state index in [-0.39, 0.29) is 0 Å². The summed E-state index contributed by atoms with van der Waals surface area (Å²) >= 11 is 1.69. The van der Waals surface area contributed by atoms with Gasteiger partial charge in [0.15, 0.2) is 6.54 Å². The Morgan fingerprint density at radius 3 is 2.72 bits per heavy atom. The fraction of sp³-hybridized carbons (Fsp3) is 0.417. The van der Waals surface area contributed by atoms with Crippen molar-refractivity contribution in [3.05, 3.63) is 29.3 Å². The van der Waals surface area contributed by atoms with Crippen LogP contribution in [0, 0.1) is 6.92 Å². The van der Waals surface area contributed by atoms with Crippen molar-refractivity contribution in [1.29, 1.82) is 0 Å². The number of fused-ring (bicyclic) bond motifs is 1. The maximum absolute atomic E-state index is 11.0. The van der Waals surface area contributed by atoms with Crippen LogP contribution in [0.5, 0.6) is 0 Å². The molecule has 2 aromatic rings. The largest absolute Gasteiger partial charge is 0.285 e. The molecule has 0 aliphatic rings. The van der Waals surface area contributed by atoms with Crippen LogP contribution < -0.4 is 4.57 Å². The minimum atomic E-state index is -3.93. The number of rotatable bonds is 4. The molecule has 1 heterocycles. The zero-order valence-electron chi connectivity index (χ0n) is 10.3. The molecule has 0 amide bonds. The van der Waals surface area contributed by atoms with Crippen LogP contribution in [0.2, 0.25) is 0 Å². The van der Waals surface area contributed by atoms with Gasteiger partial charge in [-0.05, 0) is 13.0 Å². The van der Waals surface area contributed by atoms with Crippen molar-refractivity contribution in [2.75, 3.05) is 0 Å². The van der Waals surface area contributed by atoms with Crippen LogP contribution in [0.3, 0.4) is 0 Å². The van der Waals surface area contributed by atoms with Crippen molar-refractivity contribution >= 4 is 31.7 Å². The highest BCUT2D eigenvalue weighted by Gasteiger charge is 2.22. The van der Waals surface area contributed by atoms with E-state index < -0.39 is 15.4 Å². The maximum Gasteiger partial charge on any atom is 0.267 e. The standard InChI is InChI=1S/C12H15NO3S2/c1-9(18(14,15)16)7-8-13-10(2)17-12-6-4-3-5-11(12)13/h3-6,9H,7-8H2,1-2H3/p+1/t9-/m0/s1. The van der Waals surface area contributed by atoms with E-state index in [4.69, 9.17) is 4.55 Å². The van der Waals surface area contributed by atoms with Gasteiger partial charge in [-0.2, -0.15) is 13.0 Å². The van der Waals surface area contributed by atoms with Gasteiger partial charge in [0.2, 0.25) is 10.5 Å². The Hall–Kier alpha value is -0.980. The molecule has 18 heavy (non-hydrogen) atoms. The molecule has 0 fully saturated rings. The van der Waals surface area contributed by atoms with Crippen molar-refractivity contribution in [2.24, 2.45) is 0 Å². The topological polar surface area (TPSA) is 58.2 Å². The molecule has 0 bridgehead atoms. The quantitative estimate of drug-likeness (QED) is 0.692. The zero-order valence-corrected chi connectivity index (χ0v) is 12.0. The molecular weight excluding hydrogens is 270 g/mol. The molecule has 6 heteroatoms. The average molecular weight is 286 g/mol. The first-order valence-electron chi connectivity index (χ1n) is 5.74. The van der Waals surface area contributed by atoms with Crippen LogP contribution >= 0.6 is 11.3 Å². The summed E-state index contributed by atoms with van der Waals surface area (Å²) in [4.78, 5) is 0. The second-order valence-corrected chi connectivity index (χ2v) is 7.42. The average Bonchev–Trinajstić information content (AvgIpc) is 2.60. The Kier molecular flexibility index (Phi) is 3.70. The molecule has 1 N–H and O–H groups in total. The zero-order chi connectivity index (χ0) is 13.3. The highest BCUT2D eigenvalue weighted by molar-refractivity contribution is 7.86. The Labute approximate surface area is 111 Å². The van der Waals surface area contributed by atoms with Gasteiger partial charge in [-0.15, -0.1) is 0 Å². The molecule has 98 valence electrons. The smallest absolute Gasteiger partial charge is 0.267 e. The number of thiazole rings is 1. The summed E-state index contributed by atoms with van der Waals surface area (Å²) in [5.74, 6) is 0. The first-order valence-corrected chi connectivity index (χ1v) is 8.06. The number of benzene rings is 1. The summed E-state index contributed by atoms with van der Waals surface area (Å²) < 4.78 is 34.2. The molecule has 0 spiro atoms. The molecule has 0 saturated heterocycles. The summed E-state index contributed by atoms with van der Waals surface area (Å²) in [5, 5.41) is 0.404. The number of aromatic nitrogens is 1. The molecule has 1 atom stereocenters. The minimum Gasteiger partial charge on any atom is -0.285 e. The molecule has 0 radical (unpaired) electrons. The third kappa shape index (κ3) is 2.71. The van der Waals surface area contributed by atoms with Gasteiger partial charge >= 0.3 is 0 Å². The third-order valence-corrected chi connectivity index (χ3v) is 5.40. The molecule has 0 aliphatic carbocycles. The predicted molar refractivity (Wildman–Crippen MR) is 72.4 cm³/mol. The van der Waals surface area contributed by atoms with Gasteiger partial charge in [0.1, 0.15) is 4.70 Å². The van der Waals surface area contributed by atoms with E-state index in [1.165, 1.54) is 11.6 Å².